The zero-order valence-corrected chi connectivity index (χ0v) is 5.70. The Kier molecular flexibility index (Phi) is 1.03. The van der Waals surface area contributed by atoms with Gasteiger partial charge in [0.25, 0.3) is 0 Å². The molecular weight excluding hydrogens is 126 g/mol. The van der Waals surface area contributed by atoms with Gasteiger partial charge in [0.2, 0.25) is 0 Å². The summed E-state index contributed by atoms with van der Waals surface area (Å²) in [4.78, 5) is 0. The number of nitrogens with zero attached hydrogens (tertiary/aromatic N) is 3. The molecule has 50 valence electrons. The lowest BCUT2D eigenvalue weighted by Gasteiger charge is -2.03. The second-order valence-corrected chi connectivity index (χ2v) is 2.37. The minimum absolute atomic E-state index is 0.875. The summed E-state index contributed by atoms with van der Waals surface area (Å²) < 4.78 is 0. The predicted octanol–water partition coefficient (Wildman–Crippen LogP) is 2.04. The molecule has 1 heterocycles. The van der Waals surface area contributed by atoms with Crippen LogP contribution in [-0.2, 0) is 0 Å². The van der Waals surface area contributed by atoms with Gasteiger partial charge in [0.15, 0.2) is 0 Å². The third kappa shape index (κ3) is 0.635. The van der Waals surface area contributed by atoms with E-state index in [2.05, 4.69) is 27.6 Å². The predicted molar refractivity (Wildman–Crippen MR) is 38.7 cm³/mol. The Balaban J connectivity index is 2.53. The lowest BCUT2D eigenvalue weighted by Crippen LogP contribution is -2.01. The van der Waals surface area contributed by atoms with E-state index in [9.17, 15) is 0 Å². The third-order valence-electron chi connectivity index (χ3n) is 1.64. The molecule has 0 radical (unpaired) electrons. The zero-order chi connectivity index (χ0) is 6.97. The number of fused-ring (bicyclic) bond motifs is 1. The molecule has 10 heavy (non-hydrogen) atoms. The summed E-state index contributed by atoms with van der Waals surface area (Å²) >= 11 is 0. The van der Waals surface area contributed by atoms with Crippen molar-refractivity contribution in [1.82, 2.24) is 0 Å². The van der Waals surface area contributed by atoms with Crippen LogP contribution in [0, 0.1) is 0 Å². The highest BCUT2D eigenvalue weighted by Crippen LogP contribution is 2.21. The van der Waals surface area contributed by atoms with Gasteiger partial charge < -0.3 is 0 Å². The van der Waals surface area contributed by atoms with E-state index in [0.29, 0.717) is 0 Å². The van der Waals surface area contributed by atoms with Crippen LogP contribution in [0.15, 0.2) is 38.9 Å². The van der Waals surface area contributed by atoms with E-state index in [1.165, 1.54) is 0 Å². The molecule has 0 N–H and O–H groups in total. The molecule has 0 spiro atoms. The van der Waals surface area contributed by atoms with Crippen LogP contribution in [0.3, 0.4) is 0 Å². The first kappa shape index (κ1) is 5.53. The molecule has 2 rings (SSSR count). The number of allylic oxidation sites excluding steroid dienone is 4. The molecule has 0 saturated carbocycles. The maximum atomic E-state index is 3.89. The lowest BCUT2D eigenvalue weighted by atomic mass is 10.0. The van der Waals surface area contributed by atoms with Gasteiger partial charge >= 0.3 is 0 Å². The second-order valence-electron chi connectivity index (χ2n) is 2.37. The molecule has 0 aromatic heterocycles. The van der Waals surface area contributed by atoms with Crippen molar-refractivity contribution < 1.29 is 0 Å². The Bertz CT molecular complexity index is 281. The van der Waals surface area contributed by atoms with E-state index >= 15 is 0 Å². The van der Waals surface area contributed by atoms with Crippen LogP contribution in [0.2, 0.25) is 0 Å². The highest BCUT2D eigenvalue weighted by Gasteiger charge is 2.15. The number of hydrogen-bond donors (Lipinski definition) is 0. The number of hydrogen-bond acceptors (Lipinski definition) is 3. The lowest BCUT2D eigenvalue weighted by molar-refractivity contribution is 1.09. The van der Waals surface area contributed by atoms with Gasteiger partial charge in [0.1, 0.15) is 5.70 Å². The average molecular weight is 133 g/mol. The van der Waals surface area contributed by atoms with E-state index < -0.39 is 0 Å². The maximum Gasteiger partial charge on any atom is 0.114 e. The van der Waals surface area contributed by atoms with E-state index in [-0.39, 0.29) is 0 Å². The highest BCUT2D eigenvalue weighted by molar-refractivity contribution is 6.03. The average Bonchev–Trinajstić information content (AvgIpc) is 2.36. The fourth-order valence-electron chi connectivity index (χ4n) is 1.10. The Labute approximate surface area is 58.9 Å². The molecule has 0 amide bonds. The van der Waals surface area contributed by atoms with Gasteiger partial charge in [-0.25, -0.2) is 0 Å². The Hall–Kier alpha value is -1.25. The van der Waals surface area contributed by atoms with E-state index in [4.69, 9.17) is 0 Å². The molecule has 3 nitrogen and oxygen atoms in total. The van der Waals surface area contributed by atoms with Crippen molar-refractivity contribution in [2.45, 2.75) is 13.3 Å². The van der Waals surface area contributed by atoms with Crippen molar-refractivity contribution in [3.63, 3.8) is 0 Å². The van der Waals surface area contributed by atoms with Crippen molar-refractivity contribution >= 4 is 5.71 Å². The molecule has 0 aromatic rings. The SMILES string of the molecule is CC1=C2N=NN=C2CC=C1. The first-order chi connectivity index (χ1) is 4.88. The minimum Gasteiger partial charge on any atom is -0.133 e. The summed E-state index contributed by atoms with van der Waals surface area (Å²) in [6.45, 7) is 2.02. The smallest absolute Gasteiger partial charge is 0.114 e. The van der Waals surface area contributed by atoms with Gasteiger partial charge in [-0.1, -0.05) is 12.2 Å². The summed E-state index contributed by atoms with van der Waals surface area (Å²) in [6, 6.07) is 0. The summed E-state index contributed by atoms with van der Waals surface area (Å²) in [7, 11) is 0. The molecule has 0 fully saturated rings. The van der Waals surface area contributed by atoms with Crippen molar-refractivity contribution in [3.8, 4) is 0 Å². The largest absolute Gasteiger partial charge is 0.133 e. The quantitative estimate of drug-likeness (QED) is 0.485. The van der Waals surface area contributed by atoms with Gasteiger partial charge in [0.05, 0.1) is 5.71 Å². The van der Waals surface area contributed by atoms with Gasteiger partial charge in [-0.2, -0.15) is 0 Å². The second kappa shape index (κ2) is 1.87. The molecule has 2 aliphatic rings. The van der Waals surface area contributed by atoms with Crippen LogP contribution in [0.25, 0.3) is 0 Å². The van der Waals surface area contributed by atoms with Crippen molar-refractivity contribution in [1.29, 1.82) is 0 Å². The topological polar surface area (TPSA) is 37.1 Å². The van der Waals surface area contributed by atoms with Crippen LogP contribution >= 0.6 is 0 Å². The molecule has 0 atom stereocenters. The fraction of sp³-hybridized carbons (Fsp3) is 0.286. The van der Waals surface area contributed by atoms with Crippen molar-refractivity contribution in [3.05, 3.63) is 23.4 Å². The van der Waals surface area contributed by atoms with E-state index in [1.807, 2.05) is 6.92 Å². The zero-order valence-electron chi connectivity index (χ0n) is 5.70. The highest BCUT2D eigenvalue weighted by atomic mass is 15.4. The van der Waals surface area contributed by atoms with Crippen molar-refractivity contribution in [2.24, 2.45) is 15.4 Å². The first-order valence-corrected chi connectivity index (χ1v) is 3.23. The Morgan fingerprint density at radius 3 is 3.20 bits per heavy atom. The summed E-state index contributed by atoms with van der Waals surface area (Å²) in [5, 5.41) is 11.4. The monoisotopic (exact) mass is 133 g/mol. The Morgan fingerprint density at radius 2 is 2.40 bits per heavy atom. The summed E-state index contributed by atoms with van der Waals surface area (Å²) in [6.07, 6.45) is 5.01. The first-order valence-electron chi connectivity index (χ1n) is 3.23. The standard InChI is InChI=1S/C7H7N3/c1-5-3-2-4-6-7(5)9-10-8-6/h2-3H,4H2,1H3. The van der Waals surface area contributed by atoms with Gasteiger partial charge in [-0.15, -0.1) is 10.2 Å². The minimum atomic E-state index is 0.875. The van der Waals surface area contributed by atoms with Crippen LogP contribution in [-0.4, -0.2) is 5.71 Å². The molecule has 0 unspecified atom stereocenters. The van der Waals surface area contributed by atoms with Crippen molar-refractivity contribution in [2.75, 3.05) is 0 Å². The van der Waals surface area contributed by atoms with E-state index in [0.717, 1.165) is 23.4 Å². The molecule has 1 aliphatic heterocycles. The molecule has 3 heteroatoms. The van der Waals surface area contributed by atoms with E-state index in [1.54, 1.807) is 0 Å². The van der Waals surface area contributed by atoms with Crippen LogP contribution in [0.1, 0.15) is 13.3 Å². The molecule has 0 bridgehead atoms. The molecule has 0 aromatic carbocycles. The van der Waals surface area contributed by atoms with Gasteiger partial charge in [-0.05, 0) is 17.7 Å². The van der Waals surface area contributed by atoms with Crippen LogP contribution < -0.4 is 0 Å². The molecule has 0 saturated heterocycles. The molecular formula is C7H7N3. The Morgan fingerprint density at radius 1 is 1.50 bits per heavy atom. The maximum absolute atomic E-state index is 3.89. The number of rotatable bonds is 0. The molecule has 1 aliphatic carbocycles. The van der Waals surface area contributed by atoms with Crippen LogP contribution in [0.4, 0.5) is 0 Å². The van der Waals surface area contributed by atoms with Gasteiger partial charge in [0, 0.05) is 6.42 Å². The third-order valence-corrected chi connectivity index (χ3v) is 1.64. The summed E-state index contributed by atoms with van der Waals surface area (Å²) in [5.74, 6) is 0. The van der Waals surface area contributed by atoms with Crippen LogP contribution in [0.5, 0.6) is 0 Å². The fourth-order valence-corrected chi connectivity index (χ4v) is 1.10. The summed E-state index contributed by atoms with van der Waals surface area (Å²) in [5.41, 5.74) is 3.12. The van der Waals surface area contributed by atoms with Gasteiger partial charge in [-0.3, -0.25) is 0 Å². The normalized spacial score (nSPS) is 21.5.